The molecule has 0 radical (unpaired) electrons. The van der Waals surface area contributed by atoms with E-state index in [0.29, 0.717) is 5.92 Å². The van der Waals surface area contributed by atoms with Gasteiger partial charge >= 0.3 is 0 Å². The normalized spacial score (nSPS) is 12.9. The predicted octanol–water partition coefficient (Wildman–Crippen LogP) is 2.42. The van der Waals surface area contributed by atoms with Gasteiger partial charge in [-0.25, -0.2) is 0 Å². The van der Waals surface area contributed by atoms with Gasteiger partial charge in [0, 0.05) is 5.69 Å². The van der Waals surface area contributed by atoms with Crippen LogP contribution in [0.25, 0.3) is 0 Å². The molecule has 0 saturated carbocycles. The van der Waals surface area contributed by atoms with Crippen molar-refractivity contribution in [3.63, 3.8) is 0 Å². The predicted molar refractivity (Wildman–Crippen MR) is 60.5 cm³/mol. The minimum absolute atomic E-state index is 0.137. The molecule has 1 aromatic rings. The van der Waals surface area contributed by atoms with Crippen molar-refractivity contribution in [3.8, 4) is 0 Å². The first-order chi connectivity index (χ1) is 6.63. The smallest absolute Gasteiger partial charge is 0.0635 e. The quantitative estimate of drug-likeness (QED) is 0.769. The van der Waals surface area contributed by atoms with Crippen LogP contribution in [0.2, 0.25) is 0 Å². The molecule has 0 aliphatic heterocycles. The minimum atomic E-state index is 0.137. The summed E-state index contributed by atoms with van der Waals surface area (Å²) in [6, 6.07) is 8.35. The molecule has 1 rings (SSSR count). The van der Waals surface area contributed by atoms with Crippen molar-refractivity contribution in [1.82, 2.24) is 0 Å². The lowest BCUT2D eigenvalue weighted by Crippen LogP contribution is -2.29. The monoisotopic (exact) mass is 193 g/mol. The number of anilines is 1. The molecule has 0 amide bonds. The van der Waals surface area contributed by atoms with Crippen molar-refractivity contribution in [2.45, 2.75) is 26.8 Å². The summed E-state index contributed by atoms with van der Waals surface area (Å²) in [5, 5.41) is 12.5. The second kappa shape index (κ2) is 5.01. The summed E-state index contributed by atoms with van der Waals surface area (Å²) >= 11 is 0. The van der Waals surface area contributed by atoms with Crippen LogP contribution < -0.4 is 5.32 Å². The maximum atomic E-state index is 9.15. The Morgan fingerprint density at radius 3 is 2.21 bits per heavy atom. The highest BCUT2D eigenvalue weighted by molar-refractivity contribution is 5.45. The third-order valence-electron chi connectivity index (χ3n) is 2.41. The summed E-state index contributed by atoms with van der Waals surface area (Å²) in [7, 11) is 0. The Hall–Kier alpha value is -1.02. The van der Waals surface area contributed by atoms with Gasteiger partial charge in [-0.1, -0.05) is 31.5 Å². The second-order valence-electron chi connectivity index (χ2n) is 4.04. The number of hydrogen-bond donors (Lipinski definition) is 2. The van der Waals surface area contributed by atoms with E-state index in [9.17, 15) is 0 Å². The van der Waals surface area contributed by atoms with E-state index in [4.69, 9.17) is 5.11 Å². The van der Waals surface area contributed by atoms with E-state index in [1.807, 2.05) is 12.1 Å². The molecule has 2 N–H and O–H groups in total. The van der Waals surface area contributed by atoms with E-state index < -0.39 is 0 Å². The van der Waals surface area contributed by atoms with Crippen LogP contribution in [0.1, 0.15) is 19.4 Å². The molecular formula is C12H19NO. The van der Waals surface area contributed by atoms with Crippen LogP contribution in [-0.2, 0) is 0 Å². The SMILES string of the molecule is Cc1ccc(N[C@H](CO)C(C)C)cc1. The molecule has 0 heterocycles. The van der Waals surface area contributed by atoms with Crippen molar-refractivity contribution in [2.75, 3.05) is 11.9 Å². The molecule has 0 bridgehead atoms. The molecule has 1 aromatic carbocycles. The van der Waals surface area contributed by atoms with Crippen molar-refractivity contribution in [2.24, 2.45) is 5.92 Å². The molecule has 2 nitrogen and oxygen atoms in total. The molecule has 14 heavy (non-hydrogen) atoms. The van der Waals surface area contributed by atoms with Gasteiger partial charge in [0.05, 0.1) is 12.6 Å². The first kappa shape index (κ1) is 11.1. The first-order valence-corrected chi connectivity index (χ1v) is 5.07. The van der Waals surface area contributed by atoms with Crippen LogP contribution in [0, 0.1) is 12.8 Å². The topological polar surface area (TPSA) is 32.3 Å². The maximum Gasteiger partial charge on any atom is 0.0635 e. The molecule has 0 fully saturated rings. The van der Waals surface area contributed by atoms with E-state index in [1.165, 1.54) is 5.56 Å². The summed E-state index contributed by atoms with van der Waals surface area (Å²) in [6.45, 7) is 6.44. The van der Waals surface area contributed by atoms with Gasteiger partial charge in [-0.3, -0.25) is 0 Å². The first-order valence-electron chi connectivity index (χ1n) is 5.07. The van der Waals surface area contributed by atoms with Crippen LogP contribution in [0.4, 0.5) is 5.69 Å². The van der Waals surface area contributed by atoms with Gasteiger partial charge in [0.25, 0.3) is 0 Å². The number of aliphatic hydroxyl groups is 1. The fourth-order valence-electron chi connectivity index (χ4n) is 1.29. The third-order valence-corrected chi connectivity index (χ3v) is 2.41. The van der Waals surface area contributed by atoms with Crippen LogP contribution >= 0.6 is 0 Å². The van der Waals surface area contributed by atoms with Crippen molar-refractivity contribution >= 4 is 5.69 Å². The number of nitrogens with one attached hydrogen (secondary N) is 1. The number of rotatable bonds is 4. The van der Waals surface area contributed by atoms with Gasteiger partial charge in [0.15, 0.2) is 0 Å². The van der Waals surface area contributed by atoms with E-state index in [0.717, 1.165) is 5.69 Å². The lowest BCUT2D eigenvalue weighted by Gasteiger charge is -2.21. The van der Waals surface area contributed by atoms with Gasteiger partial charge < -0.3 is 10.4 Å². The van der Waals surface area contributed by atoms with E-state index in [2.05, 4.69) is 38.2 Å². The van der Waals surface area contributed by atoms with Crippen molar-refractivity contribution in [3.05, 3.63) is 29.8 Å². The van der Waals surface area contributed by atoms with Gasteiger partial charge in [-0.05, 0) is 25.0 Å². The highest BCUT2D eigenvalue weighted by Gasteiger charge is 2.10. The number of aliphatic hydroxyl groups excluding tert-OH is 1. The van der Waals surface area contributed by atoms with E-state index in [-0.39, 0.29) is 12.6 Å². The second-order valence-corrected chi connectivity index (χ2v) is 4.04. The summed E-state index contributed by atoms with van der Waals surface area (Å²) in [5.41, 5.74) is 2.32. The Kier molecular flexibility index (Phi) is 3.96. The van der Waals surface area contributed by atoms with E-state index >= 15 is 0 Å². The zero-order valence-electron chi connectivity index (χ0n) is 9.12. The average Bonchev–Trinajstić information content (AvgIpc) is 2.16. The lowest BCUT2D eigenvalue weighted by atomic mass is 10.1. The highest BCUT2D eigenvalue weighted by Crippen LogP contribution is 2.13. The number of aryl methyl sites for hydroxylation is 1. The van der Waals surface area contributed by atoms with Crippen LogP contribution in [0.5, 0.6) is 0 Å². The molecule has 0 saturated heterocycles. The molecule has 0 aliphatic carbocycles. The summed E-state index contributed by atoms with van der Waals surface area (Å²) in [5.74, 6) is 0.432. The minimum Gasteiger partial charge on any atom is -0.394 e. The number of benzene rings is 1. The Bertz CT molecular complexity index is 266. The molecule has 0 spiro atoms. The Morgan fingerprint density at radius 2 is 1.79 bits per heavy atom. The Morgan fingerprint density at radius 1 is 1.21 bits per heavy atom. The molecule has 0 unspecified atom stereocenters. The van der Waals surface area contributed by atoms with Crippen LogP contribution in [0.3, 0.4) is 0 Å². The third kappa shape index (κ3) is 3.04. The summed E-state index contributed by atoms with van der Waals surface area (Å²) < 4.78 is 0. The Labute approximate surface area is 86.0 Å². The van der Waals surface area contributed by atoms with Gasteiger partial charge in [0.1, 0.15) is 0 Å². The van der Waals surface area contributed by atoms with Crippen LogP contribution in [-0.4, -0.2) is 17.8 Å². The van der Waals surface area contributed by atoms with Crippen molar-refractivity contribution < 1.29 is 5.11 Å². The number of hydrogen-bond acceptors (Lipinski definition) is 2. The molecule has 1 atom stereocenters. The highest BCUT2D eigenvalue weighted by atomic mass is 16.3. The molecule has 0 aromatic heterocycles. The van der Waals surface area contributed by atoms with Crippen LogP contribution in [0.15, 0.2) is 24.3 Å². The molecule has 0 aliphatic rings. The fourth-order valence-corrected chi connectivity index (χ4v) is 1.29. The zero-order chi connectivity index (χ0) is 10.6. The average molecular weight is 193 g/mol. The fraction of sp³-hybridized carbons (Fsp3) is 0.500. The zero-order valence-corrected chi connectivity index (χ0v) is 9.12. The van der Waals surface area contributed by atoms with Crippen molar-refractivity contribution in [1.29, 1.82) is 0 Å². The van der Waals surface area contributed by atoms with Gasteiger partial charge in [-0.15, -0.1) is 0 Å². The molecule has 78 valence electrons. The standard InChI is InChI=1S/C12H19NO/c1-9(2)12(8-14)13-11-6-4-10(3)5-7-11/h4-7,9,12-14H,8H2,1-3H3/t12-/m1/s1. The summed E-state index contributed by atoms with van der Waals surface area (Å²) in [4.78, 5) is 0. The molecular weight excluding hydrogens is 174 g/mol. The molecule has 2 heteroatoms. The maximum absolute atomic E-state index is 9.15. The Balaban J connectivity index is 2.63. The van der Waals surface area contributed by atoms with Gasteiger partial charge in [-0.2, -0.15) is 0 Å². The lowest BCUT2D eigenvalue weighted by molar-refractivity contribution is 0.249. The van der Waals surface area contributed by atoms with Gasteiger partial charge in [0.2, 0.25) is 0 Å². The largest absolute Gasteiger partial charge is 0.394 e. The summed E-state index contributed by atoms with van der Waals surface area (Å²) in [6.07, 6.45) is 0. The van der Waals surface area contributed by atoms with E-state index in [1.54, 1.807) is 0 Å².